The SMILES string of the molecule is COc1cc(OCc2cccc(NC(=O)c3cc(C(F)(F)F)ccc3F)c2)c2cc(-c3cn4nc(OC)sc4n3)oc2c1. The van der Waals surface area contributed by atoms with Gasteiger partial charge in [0, 0.05) is 17.8 Å². The molecule has 0 fully saturated rings. The van der Waals surface area contributed by atoms with E-state index in [1.54, 1.807) is 47.1 Å². The number of imidazole rings is 1. The number of fused-ring (bicyclic) bond motifs is 2. The van der Waals surface area contributed by atoms with Gasteiger partial charge < -0.3 is 23.9 Å². The summed E-state index contributed by atoms with van der Waals surface area (Å²) in [7, 11) is 3.04. The lowest BCUT2D eigenvalue weighted by molar-refractivity contribution is -0.137. The molecule has 9 nitrogen and oxygen atoms in total. The van der Waals surface area contributed by atoms with E-state index in [0.717, 1.165) is 0 Å². The molecule has 0 radical (unpaired) electrons. The van der Waals surface area contributed by atoms with Gasteiger partial charge in [0.25, 0.3) is 11.1 Å². The standard InChI is InChI=1S/C29H20F4N4O5S/c1-39-18-10-23(20-12-25(42-24(20)11-18)22-13-37-27(35-22)43-28(36-37)40-2)41-14-15-4-3-5-17(8-15)34-26(38)19-9-16(29(31,32)33)6-7-21(19)30/h3-13H,14H2,1-2H3,(H,34,38). The lowest BCUT2D eigenvalue weighted by Crippen LogP contribution is -2.16. The summed E-state index contributed by atoms with van der Waals surface area (Å²) in [6, 6.07) is 13.3. The molecule has 220 valence electrons. The molecule has 0 aliphatic carbocycles. The van der Waals surface area contributed by atoms with Gasteiger partial charge in [-0.05, 0) is 53.3 Å². The van der Waals surface area contributed by atoms with Gasteiger partial charge in [0.1, 0.15) is 35.2 Å². The first-order valence-corrected chi connectivity index (χ1v) is 13.3. The molecule has 1 N–H and O–H groups in total. The fourth-order valence-corrected chi connectivity index (χ4v) is 5.00. The van der Waals surface area contributed by atoms with Crippen molar-refractivity contribution in [3.05, 3.63) is 89.4 Å². The van der Waals surface area contributed by atoms with E-state index in [4.69, 9.17) is 18.6 Å². The minimum Gasteiger partial charge on any atom is -0.496 e. The summed E-state index contributed by atoms with van der Waals surface area (Å²) in [6.07, 6.45) is -3.00. The minimum absolute atomic E-state index is 0.0499. The largest absolute Gasteiger partial charge is 0.496 e. The van der Waals surface area contributed by atoms with Crippen LogP contribution < -0.4 is 19.5 Å². The zero-order valence-electron chi connectivity index (χ0n) is 22.4. The first-order chi connectivity index (χ1) is 20.6. The number of carbonyl (C=O) groups excluding carboxylic acids is 1. The van der Waals surface area contributed by atoms with Gasteiger partial charge in [-0.25, -0.2) is 13.9 Å². The van der Waals surface area contributed by atoms with Crippen molar-refractivity contribution in [3.63, 3.8) is 0 Å². The van der Waals surface area contributed by atoms with E-state index in [1.807, 2.05) is 0 Å². The van der Waals surface area contributed by atoms with E-state index >= 15 is 0 Å². The predicted molar refractivity (Wildman–Crippen MR) is 149 cm³/mol. The predicted octanol–water partition coefficient (Wildman–Crippen LogP) is 7.21. The molecule has 0 spiro atoms. The lowest BCUT2D eigenvalue weighted by Gasteiger charge is -2.12. The number of amides is 1. The quantitative estimate of drug-likeness (QED) is 0.181. The number of furan rings is 1. The van der Waals surface area contributed by atoms with Crippen molar-refractivity contribution >= 4 is 38.9 Å². The van der Waals surface area contributed by atoms with Crippen molar-refractivity contribution in [2.24, 2.45) is 0 Å². The third-order valence-electron chi connectivity index (χ3n) is 6.38. The van der Waals surface area contributed by atoms with Gasteiger partial charge >= 0.3 is 6.18 Å². The number of ether oxygens (including phenoxy) is 3. The number of hydrogen-bond acceptors (Lipinski definition) is 8. The zero-order chi connectivity index (χ0) is 30.3. The van der Waals surface area contributed by atoms with Crippen LogP contribution in [0.3, 0.4) is 0 Å². The number of hydrogen-bond donors (Lipinski definition) is 1. The number of benzene rings is 3. The number of carbonyl (C=O) groups is 1. The molecule has 0 aliphatic rings. The van der Waals surface area contributed by atoms with E-state index in [9.17, 15) is 22.4 Å². The number of halogens is 4. The summed E-state index contributed by atoms with van der Waals surface area (Å²) in [5.41, 5.74) is 0.0699. The molecule has 0 unspecified atom stereocenters. The van der Waals surface area contributed by atoms with Crippen LogP contribution >= 0.6 is 11.3 Å². The van der Waals surface area contributed by atoms with E-state index < -0.39 is 29.0 Å². The fourth-order valence-electron chi connectivity index (χ4n) is 4.30. The molecule has 3 heterocycles. The summed E-state index contributed by atoms with van der Waals surface area (Å²) in [6.45, 7) is 0.0499. The molecule has 14 heteroatoms. The highest BCUT2D eigenvalue weighted by Gasteiger charge is 2.32. The van der Waals surface area contributed by atoms with Gasteiger partial charge in [0.05, 0.1) is 36.9 Å². The summed E-state index contributed by atoms with van der Waals surface area (Å²) in [5.74, 6) is -0.667. The van der Waals surface area contributed by atoms with E-state index in [1.165, 1.54) is 31.6 Å². The number of nitrogens with zero attached hydrogens (tertiary/aromatic N) is 3. The Kier molecular flexibility index (Phi) is 7.13. The third-order valence-corrected chi connectivity index (χ3v) is 7.26. The first-order valence-electron chi connectivity index (χ1n) is 12.5. The van der Waals surface area contributed by atoms with Gasteiger partial charge in [0.2, 0.25) is 4.96 Å². The highest BCUT2D eigenvalue weighted by molar-refractivity contribution is 7.18. The number of methoxy groups -OCH3 is 2. The molecule has 0 aliphatic heterocycles. The second-order valence-corrected chi connectivity index (χ2v) is 10.1. The second kappa shape index (κ2) is 10.9. The van der Waals surface area contributed by atoms with Crippen molar-refractivity contribution in [3.8, 4) is 28.1 Å². The molecule has 43 heavy (non-hydrogen) atoms. The van der Waals surface area contributed by atoms with Gasteiger partial charge in [-0.2, -0.15) is 13.2 Å². The Morgan fingerprint density at radius 3 is 2.65 bits per heavy atom. The average molecular weight is 613 g/mol. The van der Waals surface area contributed by atoms with Crippen molar-refractivity contribution in [2.75, 3.05) is 19.5 Å². The molecule has 3 aromatic carbocycles. The van der Waals surface area contributed by atoms with Crippen molar-refractivity contribution in [1.29, 1.82) is 0 Å². The molecule has 0 bridgehead atoms. The fraction of sp³-hybridized carbons (Fsp3) is 0.138. The highest BCUT2D eigenvalue weighted by Crippen LogP contribution is 2.38. The smallest absolute Gasteiger partial charge is 0.416 e. The first kappa shape index (κ1) is 28.0. The summed E-state index contributed by atoms with van der Waals surface area (Å²) in [5, 5.41) is 7.85. The maximum absolute atomic E-state index is 14.2. The Balaban J connectivity index is 1.22. The Morgan fingerprint density at radius 2 is 1.91 bits per heavy atom. The Hall–Kier alpha value is -5.11. The zero-order valence-corrected chi connectivity index (χ0v) is 23.2. The van der Waals surface area contributed by atoms with Gasteiger partial charge in [-0.15, -0.1) is 5.10 Å². The maximum atomic E-state index is 14.2. The Labute approximate surface area is 244 Å². The minimum atomic E-state index is -4.72. The van der Waals surface area contributed by atoms with E-state index in [2.05, 4.69) is 15.4 Å². The summed E-state index contributed by atoms with van der Waals surface area (Å²) in [4.78, 5) is 17.8. The lowest BCUT2D eigenvalue weighted by atomic mass is 10.1. The summed E-state index contributed by atoms with van der Waals surface area (Å²) < 4.78 is 77.7. The Morgan fingerprint density at radius 1 is 1.07 bits per heavy atom. The third kappa shape index (κ3) is 5.68. The number of anilines is 1. The number of aromatic nitrogens is 3. The van der Waals surface area contributed by atoms with Crippen LogP contribution in [0.1, 0.15) is 21.5 Å². The molecule has 1 amide bonds. The monoisotopic (exact) mass is 612 g/mol. The number of rotatable bonds is 8. The molecule has 6 aromatic rings. The van der Waals surface area contributed by atoms with Crippen LogP contribution in [0.5, 0.6) is 16.7 Å². The molecular weight excluding hydrogens is 592 g/mol. The molecule has 0 saturated carbocycles. The van der Waals surface area contributed by atoms with Gasteiger partial charge in [-0.1, -0.05) is 12.1 Å². The molecule has 6 rings (SSSR count). The maximum Gasteiger partial charge on any atom is 0.416 e. The second-order valence-electron chi connectivity index (χ2n) is 9.21. The van der Waals surface area contributed by atoms with Crippen LogP contribution in [0.15, 0.2) is 71.3 Å². The van der Waals surface area contributed by atoms with Crippen LogP contribution in [0.4, 0.5) is 23.2 Å². The molecule has 0 saturated heterocycles. The van der Waals surface area contributed by atoms with Crippen LogP contribution in [-0.2, 0) is 12.8 Å². The van der Waals surface area contributed by atoms with Crippen LogP contribution in [-0.4, -0.2) is 34.7 Å². The average Bonchev–Trinajstić information content (AvgIpc) is 3.68. The van der Waals surface area contributed by atoms with Crippen molar-refractivity contribution < 1.29 is 41.0 Å². The van der Waals surface area contributed by atoms with E-state index in [0.29, 0.717) is 67.8 Å². The molecule has 3 aromatic heterocycles. The molecular formula is C29H20F4N4O5S. The van der Waals surface area contributed by atoms with Gasteiger partial charge in [-0.3, -0.25) is 4.79 Å². The summed E-state index contributed by atoms with van der Waals surface area (Å²) >= 11 is 1.28. The highest BCUT2D eigenvalue weighted by atomic mass is 32.1. The number of alkyl halides is 3. The number of nitrogens with one attached hydrogen (secondary N) is 1. The van der Waals surface area contributed by atoms with E-state index in [-0.39, 0.29) is 12.3 Å². The van der Waals surface area contributed by atoms with Crippen molar-refractivity contribution in [1.82, 2.24) is 14.6 Å². The topological polar surface area (TPSA) is 100 Å². The normalized spacial score (nSPS) is 11.7. The van der Waals surface area contributed by atoms with Crippen LogP contribution in [0, 0.1) is 5.82 Å². The van der Waals surface area contributed by atoms with Crippen LogP contribution in [0.2, 0.25) is 0 Å². The van der Waals surface area contributed by atoms with Gasteiger partial charge in [0.15, 0.2) is 5.76 Å². The Bertz CT molecular complexity index is 1950. The van der Waals surface area contributed by atoms with Crippen molar-refractivity contribution in [2.45, 2.75) is 12.8 Å². The molecule has 0 atom stereocenters. The van der Waals surface area contributed by atoms with Crippen LogP contribution in [0.25, 0.3) is 27.4 Å².